The van der Waals surface area contributed by atoms with E-state index in [1.54, 1.807) is 0 Å². The van der Waals surface area contributed by atoms with Gasteiger partial charge in [-0.3, -0.25) is 10.2 Å². The van der Waals surface area contributed by atoms with Crippen LogP contribution in [0.3, 0.4) is 0 Å². The fraction of sp³-hybridized carbons (Fsp3) is 0.125. The number of carbonyl (C=O) groups excluding carboxylic acids is 1. The summed E-state index contributed by atoms with van der Waals surface area (Å²) in [6.45, 7) is 0. The summed E-state index contributed by atoms with van der Waals surface area (Å²) in [6.07, 6.45) is 0.273. The van der Waals surface area contributed by atoms with Crippen molar-refractivity contribution >= 4 is 12.0 Å². The molecule has 1 aliphatic rings. The molecule has 0 saturated heterocycles. The Morgan fingerprint density at radius 3 is 2.85 bits per heavy atom. The third-order valence-electron chi connectivity index (χ3n) is 1.74. The smallest absolute Gasteiger partial charge is 0.195 e. The number of carbonyl (C=O) groups is 1. The Morgan fingerprint density at radius 1 is 1.38 bits per heavy atom. The number of rotatable bonds is 2. The van der Waals surface area contributed by atoms with Crippen molar-refractivity contribution in [2.75, 3.05) is 5.01 Å². The van der Waals surface area contributed by atoms with Gasteiger partial charge in [0.1, 0.15) is 0 Å². The SMILES string of the molecule is O=CC1NN=NN1c1ccccc1. The topological polar surface area (TPSA) is 57.1 Å². The highest BCUT2D eigenvalue weighted by Crippen LogP contribution is 2.17. The Bertz CT molecular complexity index is 324. The van der Waals surface area contributed by atoms with Crippen molar-refractivity contribution in [1.82, 2.24) is 5.43 Å². The summed E-state index contributed by atoms with van der Waals surface area (Å²) in [7, 11) is 0. The van der Waals surface area contributed by atoms with E-state index < -0.39 is 6.17 Å². The predicted octanol–water partition coefficient (Wildman–Crippen LogP) is 0.903. The second kappa shape index (κ2) is 3.22. The summed E-state index contributed by atoms with van der Waals surface area (Å²) in [6, 6.07) is 9.39. The molecule has 1 N–H and O–H groups in total. The van der Waals surface area contributed by atoms with E-state index in [1.165, 1.54) is 5.01 Å². The monoisotopic (exact) mass is 176 g/mol. The summed E-state index contributed by atoms with van der Waals surface area (Å²) < 4.78 is 0. The molecule has 1 atom stereocenters. The Morgan fingerprint density at radius 2 is 2.15 bits per heavy atom. The maximum atomic E-state index is 10.6. The van der Waals surface area contributed by atoms with Crippen molar-refractivity contribution in [2.24, 2.45) is 10.4 Å². The van der Waals surface area contributed by atoms with E-state index in [4.69, 9.17) is 0 Å². The van der Waals surface area contributed by atoms with E-state index in [0.717, 1.165) is 12.0 Å². The van der Waals surface area contributed by atoms with E-state index in [2.05, 4.69) is 15.9 Å². The largest absolute Gasteiger partial charge is 0.299 e. The zero-order chi connectivity index (χ0) is 9.10. The van der Waals surface area contributed by atoms with Gasteiger partial charge >= 0.3 is 0 Å². The number of nitrogens with zero attached hydrogens (tertiary/aromatic N) is 3. The lowest BCUT2D eigenvalue weighted by Crippen LogP contribution is -2.36. The van der Waals surface area contributed by atoms with Gasteiger partial charge in [0, 0.05) is 0 Å². The van der Waals surface area contributed by atoms with Crippen molar-refractivity contribution in [3.8, 4) is 0 Å². The number of hydrogen-bond donors (Lipinski definition) is 1. The predicted molar refractivity (Wildman–Crippen MR) is 46.8 cm³/mol. The number of benzene rings is 1. The molecule has 0 amide bonds. The van der Waals surface area contributed by atoms with Gasteiger partial charge in [0.05, 0.1) is 5.69 Å². The molecule has 66 valence electrons. The fourth-order valence-electron chi connectivity index (χ4n) is 1.12. The zero-order valence-electron chi connectivity index (χ0n) is 6.79. The van der Waals surface area contributed by atoms with E-state index in [0.29, 0.717) is 0 Å². The molecule has 1 unspecified atom stereocenters. The Balaban J connectivity index is 2.26. The maximum absolute atomic E-state index is 10.6. The lowest BCUT2D eigenvalue weighted by molar-refractivity contribution is -0.109. The highest BCUT2D eigenvalue weighted by atomic mass is 16.1. The van der Waals surface area contributed by atoms with Crippen LogP contribution in [0.4, 0.5) is 5.69 Å². The lowest BCUT2D eigenvalue weighted by Gasteiger charge is -2.15. The van der Waals surface area contributed by atoms with E-state index in [-0.39, 0.29) is 0 Å². The van der Waals surface area contributed by atoms with Crippen LogP contribution < -0.4 is 10.4 Å². The Labute approximate surface area is 75.0 Å². The van der Waals surface area contributed by atoms with Gasteiger partial charge in [-0.25, -0.2) is 5.01 Å². The van der Waals surface area contributed by atoms with Gasteiger partial charge in [0.25, 0.3) is 0 Å². The van der Waals surface area contributed by atoms with Crippen molar-refractivity contribution in [1.29, 1.82) is 0 Å². The number of para-hydroxylation sites is 1. The third kappa shape index (κ3) is 1.35. The number of anilines is 1. The van der Waals surface area contributed by atoms with Crippen LogP contribution in [0, 0.1) is 0 Å². The summed E-state index contributed by atoms with van der Waals surface area (Å²) in [5, 5.41) is 8.86. The standard InChI is InChI=1S/C8H8N4O/c13-6-8-9-10-11-12(8)7-4-2-1-3-5-7/h1-6,8H,(H,9,11). The van der Waals surface area contributed by atoms with Crippen LogP contribution in [-0.2, 0) is 4.79 Å². The van der Waals surface area contributed by atoms with Crippen molar-refractivity contribution < 1.29 is 4.79 Å². The second-order valence-corrected chi connectivity index (χ2v) is 2.58. The number of aldehydes is 1. The summed E-state index contributed by atoms with van der Waals surface area (Å²) >= 11 is 0. The Kier molecular flexibility index (Phi) is 1.91. The molecule has 0 aromatic heterocycles. The minimum atomic E-state index is -0.484. The minimum Gasteiger partial charge on any atom is -0.299 e. The lowest BCUT2D eigenvalue weighted by atomic mass is 10.3. The number of hydrogen-bond acceptors (Lipinski definition) is 5. The molecular formula is C8H8N4O. The molecule has 0 saturated carbocycles. The Hall–Kier alpha value is -1.91. The third-order valence-corrected chi connectivity index (χ3v) is 1.74. The molecule has 5 heteroatoms. The number of nitrogens with one attached hydrogen (secondary N) is 1. The molecule has 1 aromatic carbocycles. The van der Waals surface area contributed by atoms with Crippen molar-refractivity contribution in [2.45, 2.75) is 6.17 Å². The normalized spacial score (nSPS) is 20.0. The molecule has 0 fully saturated rings. The second-order valence-electron chi connectivity index (χ2n) is 2.58. The summed E-state index contributed by atoms with van der Waals surface area (Å²) in [5.74, 6) is 0. The van der Waals surface area contributed by atoms with Crippen LogP contribution in [-0.4, -0.2) is 12.5 Å². The molecule has 0 spiro atoms. The molecule has 0 bridgehead atoms. The molecule has 0 radical (unpaired) electrons. The first-order chi connectivity index (χ1) is 6.42. The van der Waals surface area contributed by atoms with Gasteiger partial charge in [-0.1, -0.05) is 23.4 Å². The van der Waals surface area contributed by atoms with Crippen LogP contribution in [0.1, 0.15) is 0 Å². The van der Waals surface area contributed by atoms with Crippen LogP contribution in [0.5, 0.6) is 0 Å². The van der Waals surface area contributed by atoms with Crippen molar-refractivity contribution in [3.05, 3.63) is 30.3 Å². The average Bonchev–Trinajstić information content (AvgIpc) is 2.67. The molecule has 5 nitrogen and oxygen atoms in total. The maximum Gasteiger partial charge on any atom is 0.195 e. The van der Waals surface area contributed by atoms with Gasteiger partial charge in [0.2, 0.25) is 0 Å². The van der Waals surface area contributed by atoms with Gasteiger partial charge < -0.3 is 0 Å². The van der Waals surface area contributed by atoms with E-state index in [1.807, 2.05) is 30.3 Å². The molecule has 1 aliphatic heterocycles. The molecule has 1 aromatic rings. The first-order valence-electron chi connectivity index (χ1n) is 3.87. The molecule has 2 rings (SSSR count). The quantitative estimate of drug-likeness (QED) is 0.681. The molecule has 1 heterocycles. The van der Waals surface area contributed by atoms with Crippen LogP contribution in [0.15, 0.2) is 40.8 Å². The van der Waals surface area contributed by atoms with Crippen LogP contribution in [0.2, 0.25) is 0 Å². The first kappa shape index (κ1) is 7.72. The van der Waals surface area contributed by atoms with Crippen molar-refractivity contribution in [3.63, 3.8) is 0 Å². The summed E-state index contributed by atoms with van der Waals surface area (Å²) in [4.78, 5) is 10.6. The highest BCUT2D eigenvalue weighted by molar-refractivity contribution is 5.65. The summed E-state index contributed by atoms with van der Waals surface area (Å²) in [5.41, 5.74) is 3.41. The zero-order valence-corrected chi connectivity index (χ0v) is 6.79. The van der Waals surface area contributed by atoms with Crippen LogP contribution >= 0.6 is 0 Å². The average molecular weight is 176 g/mol. The molecule has 0 aliphatic carbocycles. The van der Waals surface area contributed by atoms with Gasteiger partial charge in [-0.15, -0.1) is 0 Å². The minimum absolute atomic E-state index is 0.484. The van der Waals surface area contributed by atoms with Crippen LogP contribution in [0.25, 0.3) is 0 Å². The van der Waals surface area contributed by atoms with Gasteiger partial charge in [-0.05, 0) is 17.4 Å². The molecule has 13 heavy (non-hydrogen) atoms. The van der Waals surface area contributed by atoms with E-state index >= 15 is 0 Å². The fourth-order valence-corrected chi connectivity index (χ4v) is 1.12. The van der Waals surface area contributed by atoms with Gasteiger partial charge in [0.15, 0.2) is 12.5 Å². The molecular weight excluding hydrogens is 168 g/mol. The van der Waals surface area contributed by atoms with Gasteiger partial charge in [-0.2, -0.15) is 0 Å². The van der Waals surface area contributed by atoms with E-state index in [9.17, 15) is 4.79 Å². The first-order valence-corrected chi connectivity index (χ1v) is 3.87. The highest BCUT2D eigenvalue weighted by Gasteiger charge is 2.21.